The Labute approximate surface area is 181 Å². The molecule has 1 N–H and O–H groups in total. The van der Waals surface area contributed by atoms with Crippen LogP contribution in [0.25, 0.3) is 0 Å². The summed E-state index contributed by atoms with van der Waals surface area (Å²) in [6.07, 6.45) is 0.0624. The van der Waals surface area contributed by atoms with Gasteiger partial charge in [0, 0.05) is 16.3 Å². The van der Waals surface area contributed by atoms with Gasteiger partial charge in [0.1, 0.15) is 10.8 Å². The molecule has 10 heteroatoms. The van der Waals surface area contributed by atoms with Gasteiger partial charge in [0.05, 0.1) is 31.6 Å². The van der Waals surface area contributed by atoms with E-state index in [1.165, 1.54) is 42.3 Å². The Morgan fingerprint density at radius 3 is 2.67 bits per heavy atom. The molecule has 1 aromatic carbocycles. The number of hydrogen-bond donors (Lipinski definition) is 1. The Kier molecular flexibility index (Phi) is 7.33. The Bertz CT molecular complexity index is 945. The number of esters is 1. The van der Waals surface area contributed by atoms with Crippen LogP contribution in [0.5, 0.6) is 0 Å². The quantitative estimate of drug-likeness (QED) is 0.528. The predicted molar refractivity (Wildman–Crippen MR) is 113 cm³/mol. The summed E-state index contributed by atoms with van der Waals surface area (Å²) in [6.45, 7) is 2.75. The molecule has 7 nitrogen and oxygen atoms in total. The third-order valence-corrected chi connectivity index (χ3v) is 6.55. The molecule has 0 spiro atoms. The number of carbonyl (C=O) groups is 3. The van der Waals surface area contributed by atoms with E-state index in [1.807, 2.05) is 0 Å². The highest BCUT2D eigenvalue weighted by atomic mass is 32.2. The van der Waals surface area contributed by atoms with Gasteiger partial charge in [-0.1, -0.05) is 0 Å². The molecule has 30 heavy (non-hydrogen) atoms. The number of benzene rings is 1. The van der Waals surface area contributed by atoms with Crippen molar-refractivity contribution >= 4 is 46.1 Å². The highest BCUT2D eigenvalue weighted by Crippen LogP contribution is 2.38. The molecule has 0 radical (unpaired) electrons. The number of hydrogen-bond acceptors (Lipinski definition) is 7. The SMILES string of the molecule is CCOC(=O)N1CCc2c(sc(NC(=O)CSc3ccc(F)cc3)c2C(=O)OC)C1. The normalized spacial score (nSPS) is 12.8. The van der Waals surface area contributed by atoms with Crippen molar-refractivity contribution in [2.45, 2.75) is 24.8 Å². The van der Waals surface area contributed by atoms with E-state index in [-0.39, 0.29) is 24.1 Å². The lowest BCUT2D eigenvalue weighted by atomic mass is 10.0. The minimum atomic E-state index is -0.529. The van der Waals surface area contributed by atoms with Gasteiger partial charge < -0.3 is 19.7 Å². The summed E-state index contributed by atoms with van der Waals surface area (Å²) in [4.78, 5) is 40.0. The van der Waals surface area contributed by atoms with E-state index < -0.39 is 12.1 Å². The Balaban J connectivity index is 1.74. The number of rotatable bonds is 6. The van der Waals surface area contributed by atoms with Gasteiger partial charge in [-0.2, -0.15) is 0 Å². The summed E-state index contributed by atoms with van der Waals surface area (Å²) < 4.78 is 23.0. The fraction of sp³-hybridized carbons (Fsp3) is 0.350. The first-order valence-corrected chi connectivity index (χ1v) is 11.1. The van der Waals surface area contributed by atoms with Crippen molar-refractivity contribution in [2.24, 2.45) is 0 Å². The summed E-state index contributed by atoms with van der Waals surface area (Å²) >= 11 is 2.52. The average Bonchev–Trinajstić information content (AvgIpc) is 3.09. The Morgan fingerprint density at radius 1 is 1.27 bits per heavy atom. The minimum absolute atomic E-state index is 0.101. The number of methoxy groups -OCH3 is 1. The van der Waals surface area contributed by atoms with Gasteiger partial charge >= 0.3 is 12.1 Å². The first-order valence-electron chi connectivity index (χ1n) is 9.25. The maximum Gasteiger partial charge on any atom is 0.410 e. The maximum atomic E-state index is 13.0. The number of thioether (sulfide) groups is 1. The van der Waals surface area contributed by atoms with Gasteiger partial charge in [-0.3, -0.25) is 4.79 Å². The van der Waals surface area contributed by atoms with Crippen LogP contribution >= 0.6 is 23.1 Å². The standard InChI is InChI=1S/C20H21FN2O5S2/c1-3-28-20(26)23-9-8-14-15(10-23)30-18(17(14)19(25)27-2)22-16(24)11-29-13-6-4-12(21)5-7-13/h4-7H,3,8-11H2,1-2H3,(H,22,24). The second kappa shape index (κ2) is 9.94. The molecule has 1 aromatic heterocycles. The number of anilines is 1. The van der Waals surface area contributed by atoms with Crippen LogP contribution in [0.2, 0.25) is 0 Å². The number of nitrogens with one attached hydrogen (secondary N) is 1. The second-order valence-corrected chi connectivity index (χ2v) is 8.51. The largest absolute Gasteiger partial charge is 0.465 e. The number of thiophene rings is 1. The topological polar surface area (TPSA) is 84.9 Å². The smallest absolute Gasteiger partial charge is 0.410 e. The first-order chi connectivity index (χ1) is 14.4. The lowest BCUT2D eigenvalue weighted by Gasteiger charge is -2.26. The molecule has 2 aromatic rings. The second-order valence-electron chi connectivity index (χ2n) is 6.36. The molecule has 0 fully saturated rings. The van der Waals surface area contributed by atoms with Gasteiger partial charge in [-0.15, -0.1) is 23.1 Å². The summed E-state index contributed by atoms with van der Waals surface area (Å²) in [5, 5.41) is 3.19. The monoisotopic (exact) mass is 452 g/mol. The van der Waals surface area contributed by atoms with E-state index in [9.17, 15) is 18.8 Å². The van der Waals surface area contributed by atoms with Crippen LogP contribution in [0.3, 0.4) is 0 Å². The molecule has 1 aliphatic heterocycles. The number of ether oxygens (including phenoxy) is 2. The number of nitrogens with zero attached hydrogens (tertiary/aromatic N) is 1. The van der Waals surface area contributed by atoms with E-state index in [0.29, 0.717) is 30.1 Å². The van der Waals surface area contributed by atoms with Crippen LogP contribution in [0, 0.1) is 5.82 Å². The summed E-state index contributed by atoms with van der Waals surface area (Å²) in [7, 11) is 1.29. The van der Waals surface area contributed by atoms with Crippen molar-refractivity contribution < 1.29 is 28.2 Å². The minimum Gasteiger partial charge on any atom is -0.465 e. The van der Waals surface area contributed by atoms with Crippen molar-refractivity contribution in [1.29, 1.82) is 0 Å². The maximum absolute atomic E-state index is 13.0. The van der Waals surface area contributed by atoms with E-state index in [0.717, 1.165) is 15.3 Å². The number of fused-ring (bicyclic) bond motifs is 1. The molecule has 0 unspecified atom stereocenters. The lowest BCUT2D eigenvalue weighted by Crippen LogP contribution is -2.36. The molecule has 0 bridgehead atoms. The van der Waals surface area contributed by atoms with Crippen LogP contribution in [0.4, 0.5) is 14.2 Å². The highest BCUT2D eigenvalue weighted by molar-refractivity contribution is 8.00. The number of amides is 2. The lowest BCUT2D eigenvalue weighted by molar-refractivity contribution is -0.113. The van der Waals surface area contributed by atoms with Crippen molar-refractivity contribution in [3.05, 3.63) is 46.1 Å². The highest BCUT2D eigenvalue weighted by Gasteiger charge is 2.31. The van der Waals surface area contributed by atoms with Crippen LogP contribution in [0.15, 0.2) is 29.2 Å². The molecule has 3 rings (SSSR count). The van der Waals surface area contributed by atoms with Crippen LogP contribution in [0.1, 0.15) is 27.7 Å². The predicted octanol–water partition coefficient (Wildman–Crippen LogP) is 3.92. The Morgan fingerprint density at radius 2 is 2.00 bits per heavy atom. The van der Waals surface area contributed by atoms with E-state index in [1.54, 1.807) is 24.0 Å². The Hall–Kier alpha value is -2.59. The summed E-state index contributed by atoms with van der Waals surface area (Å²) in [5.41, 5.74) is 1.12. The number of halogens is 1. The fourth-order valence-corrected chi connectivity index (χ4v) is 4.99. The first kappa shape index (κ1) is 22.1. The van der Waals surface area contributed by atoms with Crippen molar-refractivity contribution in [2.75, 3.05) is 31.3 Å². The molecule has 0 saturated carbocycles. The number of carbonyl (C=O) groups excluding carboxylic acids is 3. The molecule has 2 amide bonds. The zero-order valence-electron chi connectivity index (χ0n) is 16.5. The van der Waals surface area contributed by atoms with Crippen molar-refractivity contribution in [3.8, 4) is 0 Å². The molecule has 1 aliphatic rings. The van der Waals surface area contributed by atoms with Gasteiger partial charge in [0.15, 0.2) is 0 Å². The summed E-state index contributed by atoms with van der Waals surface area (Å²) in [5.74, 6) is -1.06. The van der Waals surface area contributed by atoms with Crippen molar-refractivity contribution in [1.82, 2.24) is 4.90 Å². The molecule has 0 aliphatic carbocycles. The van der Waals surface area contributed by atoms with Gasteiger partial charge in [-0.25, -0.2) is 14.0 Å². The van der Waals surface area contributed by atoms with Crippen LogP contribution in [-0.4, -0.2) is 48.9 Å². The van der Waals surface area contributed by atoms with Crippen molar-refractivity contribution in [3.63, 3.8) is 0 Å². The zero-order chi connectivity index (χ0) is 21.7. The van der Waals surface area contributed by atoms with Gasteiger partial charge in [-0.05, 0) is 43.2 Å². The van der Waals surface area contributed by atoms with Crippen LogP contribution in [-0.2, 0) is 27.2 Å². The van der Waals surface area contributed by atoms with E-state index >= 15 is 0 Å². The van der Waals surface area contributed by atoms with Crippen LogP contribution < -0.4 is 5.32 Å². The summed E-state index contributed by atoms with van der Waals surface area (Å²) in [6, 6.07) is 5.86. The molecule has 160 valence electrons. The third kappa shape index (κ3) is 5.11. The fourth-order valence-electron chi connectivity index (χ4n) is 3.02. The average molecular weight is 453 g/mol. The molecular formula is C20H21FN2O5S2. The van der Waals surface area contributed by atoms with E-state index in [4.69, 9.17) is 9.47 Å². The molecule has 0 atom stereocenters. The van der Waals surface area contributed by atoms with E-state index in [2.05, 4.69) is 5.32 Å². The molecule has 0 saturated heterocycles. The third-order valence-electron chi connectivity index (χ3n) is 4.41. The molecular weight excluding hydrogens is 431 g/mol. The van der Waals surface area contributed by atoms with Gasteiger partial charge in [0.2, 0.25) is 5.91 Å². The van der Waals surface area contributed by atoms with Gasteiger partial charge in [0.25, 0.3) is 0 Å². The zero-order valence-corrected chi connectivity index (χ0v) is 18.2. The molecule has 2 heterocycles.